The SMILES string of the molecule is CCCCCCc1ccc(C(=O)OC2CCN(CC(O)(Cn3cncn3)c3ccc(F)cc3F)CC2)cc1. The minimum Gasteiger partial charge on any atom is -0.459 e. The highest BCUT2D eigenvalue weighted by Crippen LogP contribution is 2.29. The number of hydrogen-bond acceptors (Lipinski definition) is 6. The Labute approximate surface area is 222 Å². The summed E-state index contributed by atoms with van der Waals surface area (Å²) >= 11 is 0. The number of piperidine rings is 1. The van der Waals surface area contributed by atoms with Gasteiger partial charge in [0.1, 0.15) is 36.0 Å². The third kappa shape index (κ3) is 7.45. The molecule has 0 spiro atoms. The van der Waals surface area contributed by atoms with Crippen LogP contribution in [0.3, 0.4) is 0 Å². The number of esters is 1. The highest BCUT2D eigenvalue weighted by molar-refractivity contribution is 5.89. The van der Waals surface area contributed by atoms with Crippen molar-refractivity contribution in [2.24, 2.45) is 0 Å². The van der Waals surface area contributed by atoms with Gasteiger partial charge in [-0.05, 0) is 49.4 Å². The van der Waals surface area contributed by atoms with E-state index in [-0.39, 0.29) is 30.7 Å². The Kier molecular flexibility index (Phi) is 9.58. The lowest BCUT2D eigenvalue weighted by molar-refractivity contribution is -0.0396. The Morgan fingerprint density at radius 3 is 2.50 bits per heavy atom. The molecule has 0 amide bonds. The standard InChI is InChI=1S/C29H36F2N4O3/c1-2-3-4-5-6-22-7-9-23(10-8-22)28(36)38-25-13-15-34(16-14-25)18-29(37,19-35-21-32-20-33-35)26-12-11-24(30)17-27(26)31/h7-12,17,20-21,25,37H,2-6,13-16,18-19H2,1H3. The summed E-state index contributed by atoms with van der Waals surface area (Å²) in [6, 6.07) is 10.8. The van der Waals surface area contributed by atoms with Gasteiger partial charge >= 0.3 is 5.97 Å². The van der Waals surface area contributed by atoms with E-state index in [9.17, 15) is 18.7 Å². The van der Waals surface area contributed by atoms with E-state index in [1.807, 2.05) is 29.2 Å². The number of benzene rings is 2. The van der Waals surface area contributed by atoms with Crippen molar-refractivity contribution in [3.8, 4) is 0 Å². The molecule has 38 heavy (non-hydrogen) atoms. The summed E-state index contributed by atoms with van der Waals surface area (Å²) in [5.74, 6) is -1.86. The number of halogens is 2. The van der Waals surface area contributed by atoms with E-state index < -0.39 is 17.2 Å². The molecule has 7 nitrogen and oxygen atoms in total. The second kappa shape index (κ2) is 13.1. The summed E-state index contributed by atoms with van der Waals surface area (Å²) in [7, 11) is 0. The van der Waals surface area contributed by atoms with E-state index in [4.69, 9.17) is 4.74 Å². The molecular formula is C29H36F2N4O3. The van der Waals surface area contributed by atoms with Crippen LogP contribution >= 0.6 is 0 Å². The summed E-state index contributed by atoms with van der Waals surface area (Å²) in [6.45, 7) is 3.36. The van der Waals surface area contributed by atoms with Crippen molar-refractivity contribution in [1.82, 2.24) is 19.7 Å². The fourth-order valence-corrected chi connectivity index (χ4v) is 5.01. The number of hydrogen-bond donors (Lipinski definition) is 1. The van der Waals surface area contributed by atoms with Gasteiger partial charge in [-0.2, -0.15) is 5.10 Å². The van der Waals surface area contributed by atoms with Gasteiger partial charge in [0.05, 0.1) is 12.1 Å². The lowest BCUT2D eigenvalue weighted by Gasteiger charge is -2.38. The Bertz CT molecular complexity index is 1170. The third-order valence-corrected chi connectivity index (χ3v) is 7.12. The van der Waals surface area contributed by atoms with Crippen LogP contribution in [-0.2, 0) is 23.3 Å². The van der Waals surface area contributed by atoms with Gasteiger partial charge in [0.25, 0.3) is 0 Å². The molecule has 1 aromatic heterocycles. The second-order valence-corrected chi connectivity index (χ2v) is 10.1. The number of unbranched alkanes of at least 4 members (excludes halogenated alkanes) is 3. The molecule has 2 heterocycles. The normalized spacial score (nSPS) is 16.3. The van der Waals surface area contributed by atoms with Gasteiger partial charge in [-0.1, -0.05) is 44.4 Å². The molecule has 0 saturated carbocycles. The smallest absolute Gasteiger partial charge is 0.338 e. The first kappa shape index (κ1) is 27.9. The molecule has 0 radical (unpaired) electrons. The minimum atomic E-state index is -1.66. The van der Waals surface area contributed by atoms with Crippen LogP contribution in [0.2, 0.25) is 0 Å². The lowest BCUT2D eigenvalue weighted by atomic mass is 9.91. The molecule has 1 N–H and O–H groups in total. The minimum absolute atomic E-state index is 0.00300. The van der Waals surface area contributed by atoms with Crippen molar-refractivity contribution in [1.29, 1.82) is 0 Å². The van der Waals surface area contributed by atoms with Crippen LogP contribution in [0.25, 0.3) is 0 Å². The van der Waals surface area contributed by atoms with E-state index in [1.165, 1.54) is 48.2 Å². The predicted octanol–water partition coefficient (Wildman–Crippen LogP) is 4.89. The van der Waals surface area contributed by atoms with E-state index in [0.29, 0.717) is 31.5 Å². The Hall–Kier alpha value is -3.17. The molecule has 1 aliphatic rings. The molecule has 0 aliphatic carbocycles. The number of aromatic nitrogens is 3. The quantitative estimate of drug-likeness (QED) is 0.267. The monoisotopic (exact) mass is 526 g/mol. The molecule has 1 aliphatic heterocycles. The van der Waals surface area contributed by atoms with Crippen LogP contribution in [0.5, 0.6) is 0 Å². The van der Waals surface area contributed by atoms with Gasteiger partial charge in [-0.3, -0.25) is 4.90 Å². The van der Waals surface area contributed by atoms with Crippen LogP contribution < -0.4 is 0 Å². The zero-order valence-electron chi connectivity index (χ0n) is 21.9. The van der Waals surface area contributed by atoms with Gasteiger partial charge in [0.2, 0.25) is 0 Å². The second-order valence-electron chi connectivity index (χ2n) is 10.1. The van der Waals surface area contributed by atoms with Crippen molar-refractivity contribution >= 4 is 5.97 Å². The van der Waals surface area contributed by atoms with Crippen LogP contribution in [0, 0.1) is 11.6 Å². The first-order chi connectivity index (χ1) is 18.4. The number of aliphatic hydroxyl groups is 1. The largest absolute Gasteiger partial charge is 0.459 e. The van der Waals surface area contributed by atoms with Crippen molar-refractivity contribution < 1.29 is 23.4 Å². The summed E-state index contributed by atoms with van der Waals surface area (Å²) < 4.78 is 35.4. The number of rotatable bonds is 12. The van der Waals surface area contributed by atoms with Crippen molar-refractivity contribution in [3.05, 3.63) is 83.4 Å². The van der Waals surface area contributed by atoms with Gasteiger partial charge in [-0.25, -0.2) is 23.2 Å². The first-order valence-corrected chi connectivity index (χ1v) is 13.4. The molecule has 4 rings (SSSR count). The van der Waals surface area contributed by atoms with Gasteiger partial charge in [0, 0.05) is 31.3 Å². The molecule has 3 aromatic rings. The fraction of sp³-hybridized carbons (Fsp3) is 0.483. The maximum Gasteiger partial charge on any atom is 0.338 e. The molecule has 1 fully saturated rings. The Balaban J connectivity index is 1.32. The van der Waals surface area contributed by atoms with E-state index >= 15 is 0 Å². The topological polar surface area (TPSA) is 80.5 Å². The zero-order valence-corrected chi connectivity index (χ0v) is 21.9. The molecule has 1 saturated heterocycles. The van der Waals surface area contributed by atoms with E-state index in [1.54, 1.807) is 0 Å². The number of β-amino-alcohol motifs (C(OH)–C–C–N with tert-alkyl or cyclic N) is 1. The van der Waals surface area contributed by atoms with Crippen molar-refractivity contribution in [3.63, 3.8) is 0 Å². The van der Waals surface area contributed by atoms with Crippen LogP contribution in [0.1, 0.15) is 66.9 Å². The van der Waals surface area contributed by atoms with Gasteiger partial charge < -0.3 is 9.84 Å². The van der Waals surface area contributed by atoms with Crippen LogP contribution in [-0.4, -0.2) is 56.5 Å². The Morgan fingerprint density at radius 2 is 1.84 bits per heavy atom. The number of likely N-dealkylation sites (tertiary alicyclic amines) is 1. The average Bonchev–Trinajstić information content (AvgIpc) is 3.40. The Morgan fingerprint density at radius 1 is 1.08 bits per heavy atom. The van der Waals surface area contributed by atoms with Crippen molar-refractivity contribution in [2.45, 2.75) is 70.1 Å². The average molecular weight is 527 g/mol. The zero-order chi connectivity index (χ0) is 27.0. The van der Waals surface area contributed by atoms with E-state index in [0.717, 1.165) is 25.0 Å². The maximum atomic E-state index is 14.7. The maximum absolute atomic E-state index is 14.7. The number of aryl methyl sites for hydroxylation is 1. The lowest BCUT2D eigenvalue weighted by Crippen LogP contribution is -2.48. The summed E-state index contributed by atoms with van der Waals surface area (Å²) in [4.78, 5) is 18.6. The molecule has 1 unspecified atom stereocenters. The number of ether oxygens (including phenoxy) is 1. The van der Waals surface area contributed by atoms with Gasteiger partial charge in [0.15, 0.2) is 0 Å². The molecular weight excluding hydrogens is 490 g/mol. The number of nitrogens with zero attached hydrogens (tertiary/aromatic N) is 4. The summed E-state index contributed by atoms with van der Waals surface area (Å²) in [6.07, 6.45) is 9.55. The summed E-state index contributed by atoms with van der Waals surface area (Å²) in [5.41, 5.74) is 0.102. The molecule has 0 bridgehead atoms. The fourth-order valence-electron chi connectivity index (χ4n) is 5.01. The third-order valence-electron chi connectivity index (χ3n) is 7.12. The van der Waals surface area contributed by atoms with Crippen LogP contribution in [0.4, 0.5) is 8.78 Å². The number of carbonyl (C=O) groups is 1. The van der Waals surface area contributed by atoms with Crippen LogP contribution in [0.15, 0.2) is 55.1 Å². The predicted molar refractivity (Wildman–Crippen MR) is 139 cm³/mol. The molecule has 204 valence electrons. The molecule has 9 heteroatoms. The highest BCUT2D eigenvalue weighted by atomic mass is 19.1. The van der Waals surface area contributed by atoms with Gasteiger partial charge in [-0.15, -0.1) is 0 Å². The van der Waals surface area contributed by atoms with Crippen molar-refractivity contribution in [2.75, 3.05) is 19.6 Å². The molecule has 1 atom stereocenters. The number of carbonyl (C=O) groups excluding carboxylic acids is 1. The summed E-state index contributed by atoms with van der Waals surface area (Å²) in [5, 5.41) is 15.6. The molecule has 2 aromatic carbocycles. The van der Waals surface area contributed by atoms with E-state index in [2.05, 4.69) is 17.0 Å². The first-order valence-electron chi connectivity index (χ1n) is 13.4. The highest BCUT2D eigenvalue weighted by Gasteiger charge is 2.37.